The molecule has 0 aliphatic rings. The summed E-state index contributed by atoms with van der Waals surface area (Å²) in [5, 5.41) is 14.9. The van der Waals surface area contributed by atoms with Crippen molar-refractivity contribution in [3.05, 3.63) is 96.9 Å². The van der Waals surface area contributed by atoms with Crippen molar-refractivity contribution in [1.82, 2.24) is 5.43 Å². The fourth-order valence-corrected chi connectivity index (χ4v) is 3.26. The maximum absolute atomic E-state index is 12.2. The molecule has 3 rings (SSSR count). The first-order valence-corrected chi connectivity index (χ1v) is 10.9. The molecule has 168 valence electrons. The average molecular weight is 577 g/mol. The summed E-state index contributed by atoms with van der Waals surface area (Å²) in [6.07, 6.45) is 1.39. The highest BCUT2D eigenvalue weighted by atomic mass is 79.9. The number of ether oxygens (including phenoxy) is 2. The largest absolute Gasteiger partial charge is 0.477 e. The summed E-state index contributed by atoms with van der Waals surface area (Å²) in [6, 6.07) is 17.6. The second-order valence-electron chi connectivity index (χ2n) is 6.42. The van der Waals surface area contributed by atoms with Crippen LogP contribution in [0.1, 0.15) is 15.9 Å². The summed E-state index contributed by atoms with van der Waals surface area (Å²) in [5.74, 6) is -0.764. The van der Waals surface area contributed by atoms with Gasteiger partial charge in [-0.05, 0) is 60.2 Å². The molecule has 0 bridgehead atoms. The van der Waals surface area contributed by atoms with E-state index in [2.05, 4.69) is 42.4 Å². The molecule has 0 heterocycles. The minimum atomic E-state index is -0.601. The van der Waals surface area contributed by atoms with E-state index in [1.54, 1.807) is 54.6 Å². The van der Waals surface area contributed by atoms with Gasteiger partial charge in [-0.3, -0.25) is 14.9 Å². The lowest BCUT2D eigenvalue weighted by molar-refractivity contribution is -0.385. The Hall–Kier alpha value is -3.57. The molecule has 0 radical (unpaired) electrons. The van der Waals surface area contributed by atoms with Crippen LogP contribution in [0.15, 0.2) is 80.8 Å². The molecule has 0 aliphatic carbocycles. The number of hydrogen-bond donors (Lipinski definition) is 1. The molecule has 33 heavy (non-hydrogen) atoms. The first kappa shape index (κ1) is 24.1. The zero-order valence-corrected chi connectivity index (χ0v) is 19.9. The molecular weight excluding hydrogens is 562 g/mol. The number of carbonyl (C=O) groups excluding carboxylic acids is 2. The van der Waals surface area contributed by atoms with Gasteiger partial charge in [0, 0.05) is 15.0 Å². The van der Waals surface area contributed by atoms with Gasteiger partial charge in [0.15, 0.2) is 12.4 Å². The number of hydrogen-bond acceptors (Lipinski definition) is 7. The molecule has 11 heteroatoms. The van der Waals surface area contributed by atoms with Gasteiger partial charge < -0.3 is 9.47 Å². The van der Waals surface area contributed by atoms with Crippen LogP contribution in [0.2, 0.25) is 0 Å². The Labute approximate surface area is 204 Å². The lowest BCUT2D eigenvalue weighted by atomic mass is 10.2. The molecule has 9 nitrogen and oxygen atoms in total. The molecule has 0 spiro atoms. The zero-order valence-electron chi connectivity index (χ0n) is 16.7. The topological polar surface area (TPSA) is 120 Å². The van der Waals surface area contributed by atoms with Crippen LogP contribution in [0, 0.1) is 10.1 Å². The molecule has 3 aromatic carbocycles. The van der Waals surface area contributed by atoms with Gasteiger partial charge in [-0.25, -0.2) is 10.2 Å². The third-order valence-electron chi connectivity index (χ3n) is 4.03. The van der Waals surface area contributed by atoms with E-state index in [4.69, 9.17) is 9.47 Å². The van der Waals surface area contributed by atoms with Crippen molar-refractivity contribution >= 4 is 55.6 Å². The number of nitro groups is 1. The van der Waals surface area contributed by atoms with Crippen LogP contribution in [0.25, 0.3) is 0 Å². The van der Waals surface area contributed by atoms with Crippen LogP contribution in [0.4, 0.5) is 5.69 Å². The van der Waals surface area contributed by atoms with Crippen LogP contribution < -0.4 is 14.9 Å². The lowest BCUT2D eigenvalue weighted by Crippen LogP contribution is -2.24. The third kappa shape index (κ3) is 7.22. The second-order valence-corrected chi connectivity index (χ2v) is 8.25. The van der Waals surface area contributed by atoms with E-state index in [9.17, 15) is 19.7 Å². The van der Waals surface area contributed by atoms with E-state index in [1.165, 1.54) is 18.3 Å². The van der Waals surface area contributed by atoms with Gasteiger partial charge in [-0.15, -0.1) is 0 Å². The predicted molar refractivity (Wildman–Crippen MR) is 128 cm³/mol. The van der Waals surface area contributed by atoms with Gasteiger partial charge in [0.05, 0.1) is 16.7 Å². The number of esters is 1. The number of halogens is 2. The molecule has 1 amide bonds. The SMILES string of the molecule is O=C(COc1ccc(Br)cc1[N+](=O)[O-])NN=Cc1ccc(OC(=O)c2cccc(Br)c2)cc1. The number of amides is 1. The van der Waals surface area contributed by atoms with Gasteiger partial charge in [0.1, 0.15) is 5.75 Å². The maximum Gasteiger partial charge on any atom is 0.343 e. The smallest absolute Gasteiger partial charge is 0.343 e. The van der Waals surface area contributed by atoms with Crippen molar-refractivity contribution in [3.8, 4) is 11.5 Å². The van der Waals surface area contributed by atoms with Crippen LogP contribution in [-0.2, 0) is 4.79 Å². The molecule has 0 unspecified atom stereocenters. The monoisotopic (exact) mass is 575 g/mol. The number of hydrazone groups is 1. The number of carbonyl (C=O) groups is 2. The molecular formula is C22H15Br2N3O6. The van der Waals surface area contributed by atoms with Gasteiger partial charge in [-0.2, -0.15) is 5.10 Å². The highest BCUT2D eigenvalue weighted by Gasteiger charge is 2.16. The third-order valence-corrected chi connectivity index (χ3v) is 5.02. The Kier molecular flexibility index (Phi) is 8.28. The van der Waals surface area contributed by atoms with Crippen molar-refractivity contribution in [1.29, 1.82) is 0 Å². The second kappa shape index (κ2) is 11.3. The highest BCUT2D eigenvalue weighted by Crippen LogP contribution is 2.29. The Morgan fingerprint density at radius 3 is 2.45 bits per heavy atom. The molecule has 0 aromatic heterocycles. The Morgan fingerprint density at radius 2 is 1.76 bits per heavy atom. The first-order valence-electron chi connectivity index (χ1n) is 9.28. The minimum Gasteiger partial charge on any atom is -0.477 e. The van der Waals surface area contributed by atoms with E-state index in [0.717, 1.165) is 4.47 Å². The summed E-state index contributed by atoms with van der Waals surface area (Å²) in [6.45, 7) is -0.454. The minimum absolute atomic E-state index is 0.0321. The van der Waals surface area contributed by atoms with Crippen molar-refractivity contribution in [2.24, 2.45) is 5.10 Å². The summed E-state index contributed by atoms with van der Waals surface area (Å²) in [4.78, 5) is 34.5. The van der Waals surface area contributed by atoms with E-state index < -0.39 is 23.4 Å². The summed E-state index contributed by atoms with van der Waals surface area (Å²) >= 11 is 6.45. The van der Waals surface area contributed by atoms with Crippen LogP contribution in [0.3, 0.4) is 0 Å². The van der Waals surface area contributed by atoms with Gasteiger partial charge in [-0.1, -0.05) is 37.9 Å². The standard InChI is InChI=1S/C22H15Br2N3O6/c23-16-3-1-2-15(10-16)22(29)33-18-7-4-14(5-8-18)12-25-26-21(28)13-32-20-9-6-17(24)11-19(20)27(30)31/h1-12H,13H2,(H,26,28). The first-order chi connectivity index (χ1) is 15.8. The Morgan fingerprint density at radius 1 is 1.03 bits per heavy atom. The fourth-order valence-electron chi connectivity index (χ4n) is 2.51. The molecule has 0 saturated heterocycles. The Bertz CT molecular complexity index is 1220. The quantitative estimate of drug-likeness (QED) is 0.134. The van der Waals surface area contributed by atoms with Crippen LogP contribution in [0.5, 0.6) is 11.5 Å². The number of rotatable bonds is 8. The Balaban J connectivity index is 1.50. The summed E-state index contributed by atoms with van der Waals surface area (Å²) in [5.41, 5.74) is 3.06. The van der Waals surface area contributed by atoms with Crippen molar-refractivity contribution in [3.63, 3.8) is 0 Å². The molecule has 3 aromatic rings. The van der Waals surface area contributed by atoms with Crippen molar-refractivity contribution in [2.45, 2.75) is 0 Å². The predicted octanol–water partition coefficient (Wildman–Crippen LogP) is 4.87. The average Bonchev–Trinajstić information content (AvgIpc) is 2.79. The number of nitrogens with one attached hydrogen (secondary N) is 1. The van der Waals surface area contributed by atoms with Crippen LogP contribution in [-0.4, -0.2) is 29.6 Å². The normalized spacial score (nSPS) is 10.6. The van der Waals surface area contributed by atoms with Crippen LogP contribution >= 0.6 is 31.9 Å². The maximum atomic E-state index is 12.2. The van der Waals surface area contributed by atoms with Gasteiger partial charge in [0.2, 0.25) is 0 Å². The van der Waals surface area contributed by atoms with Crippen molar-refractivity contribution in [2.75, 3.05) is 6.61 Å². The van der Waals surface area contributed by atoms with Crippen molar-refractivity contribution < 1.29 is 24.0 Å². The molecule has 0 saturated carbocycles. The van der Waals surface area contributed by atoms with Gasteiger partial charge in [0.25, 0.3) is 5.91 Å². The van der Waals surface area contributed by atoms with Gasteiger partial charge >= 0.3 is 11.7 Å². The molecule has 0 atom stereocenters. The summed E-state index contributed by atoms with van der Waals surface area (Å²) < 4.78 is 11.8. The molecule has 1 N–H and O–H groups in total. The van der Waals surface area contributed by atoms with E-state index in [1.807, 2.05) is 0 Å². The number of benzene rings is 3. The number of nitrogens with zero attached hydrogens (tertiary/aromatic N) is 2. The lowest BCUT2D eigenvalue weighted by Gasteiger charge is -2.06. The number of nitro benzene ring substituents is 1. The summed E-state index contributed by atoms with van der Waals surface area (Å²) in [7, 11) is 0. The van der Waals surface area contributed by atoms with E-state index in [-0.39, 0.29) is 11.4 Å². The molecule has 0 fully saturated rings. The van der Waals surface area contributed by atoms with E-state index >= 15 is 0 Å². The fraction of sp³-hybridized carbons (Fsp3) is 0.0455. The zero-order chi connectivity index (χ0) is 23.8. The molecule has 0 aliphatic heterocycles. The van der Waals surface area contributed by atoms with E-state index in [0.29, 0.717) is 21.3 Å². The highest BCUT2D eigenvalue weighted by molar-refractivity contribution is 9.10.